The summed E-state index contributed by atoms with van der Waals surface area (Å²) in [6.07, 6.45) is 5.00. The van der Waals surface area contributed by atoms with Gasteiger partial charge in [0.15, 0.2) is 5.13 Å². The maximum absolute atomic E-state index is 4.76. The highest BCUT2D eigenvalue weighted by Crippen LogP contribution is 2.41. The van der Waals surface area contributed by atoms with Crippen molar-refractivity contribution in [3.05, 3.63) is 21.2 Å². The minimum Gasteiger partial charge on any atom is -0.359 e. The van der Waals surface area contributed by atoms with Crippen molar-refractivity contribution in [2.24, 2.45) is 0 Å². The van der Waals surface area contributed by atoms with Gasteiger partial charge in [0.2, 0.25) is 0 Å². The van der Waals surface area contributed by atoms with E-state index in [-0.39, 0.29) is 0 Å². The molecule has 0 bridgehead atoms. The zero-order chi connectivity index (χ0) is 10.5. The van der Waals surface area contributed by atoms with Crippen LogP contribution in [0.15, 0.2) is 11.4 Å². The summed E-state index contributed by atoms with van der Waals surface area (Å²) in [4.78, 5) is 7.74. The molecule has 2 aliphatic carbocycles. The molecule has 0 spiro atoms. The van der Waals surface area contributed by atoms with Gasteiger partial charge in [-0.2, -0.15) is 0 Å². The minimum absolute atomic E-state index is 0.703. The van der Waals surface area contributed by atoms with Crippen LogP contribution in [-0.2, 0) is 12.8 Å². The fourth-order valence-electron chi connectivity index (χ4n) is 2.17. The van der Waals surface area contributed by atoms with Crippen molar-refractivity contribution in [2.45, 2.75) is 31.7 Å². The van der Waals surface area contributed by atoms with Gasteiger partial charge in [-0.3, -0.25) is 0 Å². The van der Waals surface area contributed by atoms with E-state index in [1.807, 2.05) is 22.7 Å². The lowest BCUT2D eigenvalue weighted by molar-refractivity contribution is 0.978. The number of nitrogens with one attached hydrogen (secondary N) is 1. The Morgan fingerprint density at radius 3 is 3.00 bits per heavy atom. The highest BCUT2D eigenvalue weighted by molar-refractivity contribution is 7.16. The van der Waals surface area contributed by atoms with Gasteiger partial charge in [0.25, 0.3) is 0 Å². The van der Waals surface area contributed by atoms with E-state index in [2.05, 4.69) is 16.8 Å². The SMILES string of the molecule is c1cc2c(s1)CCc1sc(NC3CC3)nc1-2. The Bertz CT molecular complexity index is 537. The molecule has 4 rings (SSSR count). The molecule has 16 heavy (non-hydrogen) atoms. The lowest BCUT2D eigenvalue weighted by atomic mass is 10.0. The van der Waals surface area contributed by atoms with Gasteiger partial charge in [0.05, 0.1) is 5.69 Å². The van der Waals surface area contributed by atoms with Gasteiger partial charge in [-0.25, -0.2) is 4.98 Å². The van der Waals surface area contributed by atoms with Gasteiger partial charge in [0, 0.05) is 21.4 Å². The second-order valence-electron chi connectivity index (χ2n) is 4.47. The molecule has 82 valence electrons. The minimum atomic E-state index is 0.703. The van der Waals surface area contributed by atoms with E-state index in [1.165, 1.54) is 46.7 Å². The molecular weight excluding hydrogens is 236 g/mol. The standard InChI is InChI=1S/C12H12N2S2/c1-2-7(1)13-12-14-11-8-5-6-15-9(8)3-4-10(11)16-12/h5-7H,1-4H2,(H,13,14). The van der Waals surface area contributed by atoms with Gasteiger partial charge in [0.1, 0.15) is 0 Å². The Kier molecular flexibility index (Phi) is 1.90. The third kappa shape index (κ3) is 1.40. The number of nitrogens with zero attached hydrogens (tertiary/aromatic N) is 1. The van der Waals surface area contributed by atoms with E-state index in [1.54, 1.807) is 0 Å². The molecule has 1 saturated carbocycles. The number of hydrogen-bond acceptors (Lipinski definition) is 4. The molecule has 0 saturated heterocycles. The van der Waals surface area contributed by atoms with Crippen LogP contribution in [-0.4, -0.2) is 11.0 Å². The third-order valence-corrected chi connectivity index (χ3v) is 5.21. The Morgan fingerprint density at radius 1 is 1.25 bits per heavy atom. The number of aryl methyl sites for hydroxylation is 2. The van der Waals surface area contributed by atoms with E-state index in [9.17, 15) is 0 Å². The van der Waals surface area contributed by atoms with E-state index in [0.717, 1.165) is 5.13 Å². The van der Waals surface area contributed by atoms with Gasteiger partial charge in [-0.1, -0.05) is 0 Å². The van der Waals surface area contributed by atoms with Crippen LogP contribution < -0.4 is 5.32 Å². The van der Waals surface area contributed by atoms with Crippen molar-refractivity contribution >= 4 is 27.8 Å². The second kappa shape index (κ2) is 3.31. The third-order valence-electron chi connectivity index (χ3n) is 3.18. The molecule has 4 heteroatoms. The van der Waals surface area contributed by atoms with E-state index in [4.69, 9.17) is 4.98 Å². The monoisotopic (exact) mass is 248 g/mol. The number of thiazole rings is 1. The lowest BCUT2D eigenvalue weighted by Gasteiger charge is -2.08. The second-order valence-corrected chi connectivity index (χ2v) is 6.55. The molecule has 0 amide bonds. The molecule has 1 N–H and O–H groups in total. The highest BCUT2D eigenvalue weighted by atomic mass is 32.1. The Labute approximate surface area is 102 Å². The average Bonchev–Trinajstić information content (AvgIpc) is 2.80. The summed E-state index contributed by atoms with van der Waals surface area (Å²) in [6.45, 7) is 0. The van der Waals surface area contributed by atoms with Gasteiger partial charge < -0.3 is 5.32 Å². The summed E-state index contributed by atoms with van der Waals surface area (Å²) in [6, 6.07) is 2.92. The molecule has 2 nitrogen and oxygen atoms in total. The molecule has 0 unspecified atom stereocenters. The van der Waals surface area contributed by atoms with Crippen molar-refractivity contribution in [3.63, 3.8) is 0 Å². The van der Waals surface area contributed by atoms with E-state index >= 15 is 0 Å². The van der Waals surface area contributed by atoms with Crippen LogP contribution in [0, 0.1) is 0 Å². The predicted octanol–water partition coefficient (Wildman–Crippen LogP) is 3.54. The van der Waals surface area contributed by atoms with Crippen molar-refractivity contribution in [3.8, 4) is 11.3 Å². The van der Waals surface area contributed by atoms with Gasteiger partial charge in [-0.05, 0) is 37.1 Å². The maximum atomic E-state index is 4.76. The summed E-state index contributed by atoms with van der Waals surface area (Å²) in [5, 5.41) is 6.83. The average molecular weight is 248 g/mol. The van der Waals surface area contributed by atoms with Crippen LogP contribution in [0.1, 0.15) is 22.6 Å². The summed E-state index contributed by atoms with van der Waals surface area (Å²) < 4.78 is 0. The highest BCUT2D eigenvalue weighted by Gasteiger charge is 2.25. The number of fused-ring (bicyclic) bond motifs is 3. The molecule has 0 atom stereocenters. The van der Waals surface area contributed by atoms with Crippen LogP contribution in [0.4, 0.5) is 5.13 Å². The molecule has 2 heterocycles. The van der Waals surface area contributed by atoms with E-state index in [0.29, 0.717) is 6.04 Å². The number of thiophene rings is 1. The summed E-state index contributed by atoms with van der Waals surface area (Å²) in [5.41, 5.74) is 2.63. The molecule has 1 fully saturated rings. The molecular formula is C12H12N2S2. The summed E-state index contributed by atoms with van der Waals surface area (Å²) >= 11 is 3.72. The number of anilines is 1. The van der Waals surface area contributed by atoms with Crippen LogP contribution in [0.2, 0.25) is 0 Å². The molecule has 0 radical (unpaired) electrons. The van der Waals surface area contributed by atoms with E-state index < -0.39 is 0 Å². The quantitative estimate of drug-likeness (QED) is 0.879. The fraction of sp³-hybridized carbons (Fsp3) is 0.417. The normalized spacial score (nSPS) is 18.0. The van der Waals surface area contributed by atoms with Crippen LogP contribution >= 0.6 is 22.7 Å². The van der Waals surface area contributed by atoms with Crippen LogP contribution in [0.25, 0.3) is 11.3 Å². The fourth-order valence-corrected chi connectivity index (χ4v) is 4.10. The number of hydrogen-bond donors (Lipinski definition) is 1. The molecule has 0 aliphatic heterocycles. The zero-order valence-corrected chi connectivity index (χ0v) is 10.5. The van der Waals surface area contributed by atoms with Crippen LogP contribution in [0.5, 0.6) is 0 Å². The first kappa shape index (κ1) is 9.19. The van der Waals surface area contributed by atoms with Crippen molar-refractivity contribution in [1.29, 1.82) is 0 Å². The first-order chi connectivity index (χ1) is 7.90. The molecule has 2 aromatic rings. The van der Waals surface area contributed by atoms with Crippen molar-refractivity contribution in [2.75, 3.05) is 5.32 Å². The van der Waals surface area contributed by atoms with Gasteiger partial charge in [-0.15, -0.1) is 22.7 Å². The number of aromatic nitrogens is 1. The predicted molar refractivity (Wildman–Crippen MR) is 69.5 cm³/mol. The van der Waals surface area contributed by atoms with Crippen molar-refractivity contribution < 1.29 is 0 Å². The zero-order valence-electron chi connectivity index (χ0n) is 8.82. The maximum Gasteiger partial charge on any atom is 0.183 e. The molecule has 0 aromatic carbocycles. The first-order valence-electron chi connectivity index (χ1n) is 5.73. The lowest BCUT2D eigenvalue weighted by Crippen LogP contribution is -2.00. The molecule has 2 aliphatic rings. The topological polar surface area (TPSA) is 24.9 Å². The summed E-state index contributed by atoms with van der Waals surface area (Å²) in [5.74, 6) is 0. The Hall–Kier alpha value is -0.870. The van der Waals surface area contributed by atoms with Gasteiger partial charge >= 0.3 is 0 Å². The molecule has 2 aromatic heterocycles. The largest absolute Gasteiger partial charge is 0.359 e. The summed E-state index contributed by atoms with van der Waals surface area (Å²) in [7, 11) is 0. The van der Waals surface area contributed by atoms with Crippen LogP contribution in [0.3, 0.4) is 0 Å². The first-order valence-corrected chi connectivity index (χ1v) is 7.43. The number of rotatable bonds is 2. The Balaban J connectivity index is 1.76. The smallest absolute Gasteiger partial charge is 0.183 e. The Morgan fingerprint density at radius 2 is 2.12 bits per heavy atom. The van der Waals surface area contributed by atoms with Crippen molar-refractivity contribution in [1.82, 2.24) is 4.98 Å².